The molecule has 1 N–H and O–H groups in total. The summed E-state index contributed by atoms with van der Waals surface area (Å²) in [5, 5.41) is 14.9. The van der Waals surface area contributed by atoms with Crippen molar-refractivity contribution < 1.29 is 14.7 Å². The van der Waals surface area contributed by atoms with Crippen LogP contribution in [0, 0.1) is 5.92 Å². The molecule has 0 heterocycles. The molecular formula is C17H29NO3S. The third-order valence-corrected chi connectivity index (χ3v) is 4.81. The fourth-order valence-corrected chi connectivity index (χ4v) is 3.86. The molecule has 126 valence electrons. The van der Waals surface area contributed by atoms with Gasteiger partial charge in [-0.1, -0.05) is 32.3 Å². The highest BCUT2D eigenvalue weighted by Gasteiger charge is 2.31. The highest BCUT2D eigenvalue weighted by Crippen LogP contribution is 2.32. The molecule has 1 aliphatic carbocycles. The van der Waals surface area contributed by atoms with E-state index >= 15 is 0 Å². The van der Waals surface area contributed by atoms with Crippen molar-refractivity contribution in [2.24, 2.45) is 11.1 Å². The Kier molecular flexibility index (Phi) is 8.61. The maximum Gasteiger partial charge on any atom is 0.168 e. The molecule has 4 nitrogen and oxygen atoms in total. The lowest BCUT2D eigenvalue weighted by Crippen LogP contribution is -2.26. The van der Waals surface area contributed by atoms with E-state index in [0.29, 0.717) is 42.4 Å². The minimum Gasteiger partial charge on any atom is -0.511 e. The maximum absolute atomic E-state index is 12.5. The Morgan fingerprint density at radius 3 is 2.68 bits per heavy atom. The third-order valence-electron chi connectivity index (χ3n) is 3.72. The minimum absolute atomic E-state index is 0.00866. The SMILES string of the molecule is CCC/C(=N/OCC)C1=C(O)C[C@H](C[C@H](C)SCC)CC1=O. The fourth-order valence-electron chi connectivity index (χ4n) is 2.88. The van der Waals surface area contributed by atoms with Gasteiger partial charge in [0.05, 0.1) is 11.3 Å². The fraction of sp³-hybridized carbons (Fsp3) is 0.765. The molecule has 1 rings (SSSR count). The first-order chi connectivity index (χ1) is 10.5. The first-order valence-corrected chi connectivity index (χ1v) is 9.34. The first-order valence-electron chi connectivity index (χ1n) is 8.29. The van der Waals surface area contributed by atoms with Gasteiger partial charge >= 0.3 is 0 Å². The van der Waals surface area contributed by atoms with Crippen molar-refractivity contribution >= 4 is 23.3 Å². The van der Waals surface area contributed by atoms with E-state index in [1.807, 2.05) is 25.6 Å². The number of hydrogen-bond acceptors (Lipinski definition) is 5. The average molecular weight is 327 g/mol. The summed E-state index contributed by atoms with van der Waals surface area (Å²) in [5.41, 5.74) is 1.00. The molecule has 5 heteroatoms. The summed E-state index contributed by atoms with van der Waals surface area (Å²) in [5.74, 6) is 1.52. The van der Waals surface area contributed by atoms with Gasteiger partial charge in [-0.05, 0) is 31.4 Å². The van der Waals surface area contributed by atoms with Crippen molar-refractivity contribution in [3.05, 3.63) is 11.3 Å². The normalized spacial score (nSPS) is 21.2. The molecule has 0 aromatic heterocycles. The molecule has 0 unspecified atom stereocenters. The van der Waals surface area contributed by atoms with Crippen LogP contribution in [0.15, 0.2) is 16.5 Å². The summed E-state index contributed by atoms with van der Waals surface area (Å²) in [6.45, 7) is 8.67. The summed E-state index contributed by atoms with van der Waals surface area (Å²) in [7, 11) is 0. The van der Waals surface area contributed by atoms with Crippen LogP contribution in [0.4, 0.5) is 0 Å². The van der Waals surface area contributed by atoms with E-state index in [2.05, 4.69) is 19.0 Å². The van der Waals surface area contributed by atoms with Crippen LogP contribution in [0.5, 0.6) is 0 Å². The van der Waals surface area contributed by atoms with Gasteiger partial charge in [-0.15, -0.1) is 0 Å². The largest absolute Gasteiger partial charge is 0.511 e. The summed E-state index contributed by atoms with van der Waals surface area (Å²) in [6, 6.07) is 0. The van der Waals surface area contributed by atoms with Crippen molar-refractivity contribution in [1.82, 2.24) is 0 Å². The Morgan fingerprint density at radius 1 is 1.41 bits per heavy atom. The number of aliphatic hydroxyl groups excluding tert-OH is 1. The molecule has 0 aliphatic heterocycles. The Morgan fingerprint density at radius 2 is 2.14 bits per heavy atom. The Labute approximate surface area is 138 Å². The number of hydrogen-bond donors (Lipinski definition) is 1. The Bertz CT molecular complexity index is 432. The molecule has 0 radical (unpaired) electrons. The van der Waals surface area contributed by atoms with Crippen LogP contribution in [-0.4, -0.2) is 34.2 Å². The van der Waals surface area contributed by atoms with E-state index in [0.717, 1.165) is 18.6 Å². The zero-order valence-electron chi connectivity index (χ0n) is 14.2. The van der Waals surface area contributed by atoms with Gasteiger partial charge < -0.3 is 9.94 Å². The number of rotatable bonds is 9. The molecule has 0 saturated heterocycles. The quantitative estimate of drug-likeness (QED) is 0.500. The van der Waals surface area contributed by atoms with Gasteiger partial charge in [0.2, 0.25) is 0 Å². The second-order valence-corrected chi connectivity index (χ2v) is 7.44. The summed E-state index contributed by atoms with van der Waals surface area (Å²) >= 11 is 1.90. The van der Waals surface area contributed by atoms with Gasteiger partial charge in [-0.2, -0.15) is 11.8 Å². The molecular weight excluding hydrogens is 298 g/mol. The second kappa shape index (κ2) is 9.93. The molecule has 0 bridgehead atoms. The van der Waals surface area contributed by atoms with Gasteiger partial charge in [-0.25, -0.2) is 0 Å². The number of Topliss-reactive ketones (excluding diaryl/α,β-unsaturated/α-hetero) is 1. The van der Waals surface area contributed by atoms with E-state index in [1.54, 1.807) is 0 Å². The predicted octanol–water partition coefficient (Wildman–Crippen LogP) is 4.50. The van der Waals surface area contributed by atoms with Gasteiger partial charge in [0, 0.05) is 18.1 Å². The number of thioether (sulfide) groups is 1. The average Bonchev–Trinajstić information content (AvgIpc) is 2.44. The summed E-state index contributed by atoms with van der Waals surface area (Å²) in [6.07, 6.45) is 3.56. The van der Waals surface area contributed by atoms with Crippen molar-refractivity contribution in [2.45, 2.75) is 65.0 Å². The van der Waals surface area contributed by atoms with Gasteiger partial charge in [0.15, 0.2) is 5.78 Å². The smallest absolute Gasteiger partial charge is 0.168 e. The number of allylic oxidation sites excluding steroid dienone is 2. The zero-order chi connectivity index (χ0) is 16.5. The number of aliphatic hydroxyl groups is 1. The Balaban J connectivity index is 2.85. The molecule has 0 spiro atoms. The molecule has 0 saturated carbocycles. The van der Waals surface area contributed by atoms with Crippen LogP contribution in [0.1, 0.15) is 59.8 Å². The highest BCUT2D eigenvalue weighted by molar-refractivity contribution is 7.99. The van der Waals surface area contributed by atoms with Gasteiger partial charge in [0.25, 0.3) is 0 Å². The first kappa shape index (κ1) is 19.1. The molecule has 0 fully saturated rings. The van der Waals surface area contributed by atoms with Crippen molar-refractivity contribution in [3.8, 4) is 0 Å². The number of carbonyl (C=O) groups excluding carboxylic acids is 1. The second-order valence-electron chi connectivity index (χ2n) is 5.73. The van der Waals surface area contributed by atoms with Gasteiger partial charge in [-0.3, -0.25) is 4.79 Å². The molecule has 22 heavy (non-hydrogen) atoms. The van der Waals surface area contributed by atoms with E-state index in [-0.39, 0.29) is 17.5 Å². The minimum atomic E-state index is 0.00866. The van der Waals surface area contributed by atoms with Crippen molar-refractivity contribution in [1.29, 1.82) is 0 Å². The third kappa shape index (κ3) is 5.67. The lowest BCUT2D eigenvalue weighted by Gasteiger charge is -2.25. The Hall–Kier alpha value is -0.970. The van der Waals surface area contributed by atoms with Gasteiger partial charge in [0.1, 0.15) is 12.4 Å². The standard InChI is InChI=1S/C17H29NO3S/c1-5-8-14(18-21-6-2)17-15(19)10-13(11-16(17)20)9-12(4)22-7-3/h12-13,19H,5-11H2,1-4H3/b18-14-/t12-,13-/m0/s1. The van der Waals surface area contributed by atoms with Crippen LogP contribution in [-0.2, 0) is 9.63 Å². The molecule has 0 aromatic carbocycles. The van der Waals surface area contributed by atoms with Crippen molar-refractivity contribution in [2.75, 3.05) is 12.4 Å². The topological polar surface area (TPSA) is 58.9 Å². The number of ketones is 1. The molecule has 2 atom stereocenters. The van der Waals surface area contributed by atoms with Crippen LogP contribution in [0.3, 0.4) is 0 Å². The maximum atomic E-state index is 12.5. The monoisotopic (exact) mass is 327 g/mol. The van der Waals surface area contributed by atoms with Crippen molar-refractivity contribution in [3.63, 3.8) is 0 Å². The lowest BCUT2D eigenvalue weighted by atomic mass is 9.82. The van der Waals surface area contributed by atoms with E-state index < -0.39 is 0 Å². The van der Waals surface area contributed by atoms with Crippen LogP contribution < -0.4 is 0 Å². The lowest BCUT2D eigenvalue weighted by molar-refractivity contribution is -0.116. The number of nitrogens with zero attached hydrogens (tertiary/aromatic N) is 1. The number of carbonyl (C=O) groups is 1. The van der Waals surface area contributed by atoms with Crippen LogP contribution in [0.25, 0.3) is 0 Å². The summed E-state index contributed by atoms with van der Waals surface area (Å²) in [4.78, 5) is 17.6. The summed E-state index contributed by atoms with van der Waals surface area (Å²) < 4.78 is 0. The predicted molar refractivity (Wildman–Crippen MR) is 93.6 cm³/mol. The zero-order valence-corrected chi connectivity index (χ0v) is 15.0. The van der Waals surface area contributed by atoms with E-state index in [1.165, 1.54) is 0 Å². The van der Waals surface area contributed by atoms with E-state index in [9.17, 15) is 9.90 Å². The molecule has 1 aliphatic rings. The molecule has 0 amide bonds. The highest BCUT2D eigenvalue weighted by atomic mass is 32.2. The number of oxime groups is 1. The van der Waals surface area contributed by atoms with E-state index in [4.69, 9.17) is 4.84 Å². The van der Waals surface area contributed by atoms with Crippen LogP contribution in [0.2, 0.25) is 0 Å². The van der Waals surface area contributed by atoms with Crippen LogP contribution >= 0.6 is 11.8 Å². The molecule has 0 aromatic rings.